The molecule has 0 radical (unpaired) electrons. The molecule has 110 valence electrons. The molecule has 2 aromatic rings. The number of amides is 1. The SMILES string of the molecule is Cc1nc(CC(=O)NNC(=S)NCc2ccccc2)cs1. The van der Waals surface area contributed by atoms with Crippen molar-refractivity contribution in [2.75, 3.05) is 0 Å². The molecule has 21 heavy (non-hydrogen) atoms. The van der Waals surface area contributed by atoms with E-state index in [0.717, 1.165) is 16.3 Å². The Hall–Kier alpha value is -1.99. The summed E-state index contributed by atoms with van der Waals surface area (Å²) in [5, 5.41) is 6.22. The fraction of sp³-hybridized carbons (Fsp3) is 0.214. The number of carbonyl (C=O) groups is 1. The molecule has 1 aromatic carbocycles. The molecular formula is C14H16N4OS2. The van der Waals surface area contributed by atoms with Crippen LogP contribution in [0, 0.1) is 6.92 Å². The van der Waals surface area contributed by atoms with Crippen LogP contribution in [0.4, 0.5) is 0 Å². The molecule has 3 N–H and O–H groups in total. The molecule has 2 rings (SSSR count). The number of carbonyl (C=O) groups excluding carboxylic acids is 1. The zero-order chi connectivity index (χ0) is 15.1. The number of thiocarbonyl (C=S) groups is 1. The van der Waals surface area contributed by atoms with Gasteiger partial charge in [-0.1, -0.05) is 30.3 Å². The molecule has 0 aliphatic rings. The topological polar surface area (TPSA) is 66.0 Å². The van der Waals surface area contributed by atoms with Crippen molar-refractivity contribution in [1.82, 2.24) is 21.2 Å². The summed E-state index contributed by atoms with van der Waals surface area (Å²) >= 11 is 6.62. The Labute approximate surface area is 132 Å². The lowest BCUT2D eigenvalue weighted by Crippen LogP contribution is -2.47. The van der Waals surface area contributed by atoms with Crippen LogP contribution in [0.1, 0.15) is 16.3 Å². The number of nitrogens with zero attached hydrogens (tertiary/aromatic N) is 1. The maximum Gasteiger partial charge on any atom is 0.244 e. The first-order valence-corrected chi connectivity index (χ1v) is 7.70. The largest absolute Gasteiger partial charge is 0.357 e. The predicted molar refractivity (Wildman–Crippen MR) is 87.7 cm³/mol. The third-order valence-electron chi connectivity index (χ3n) is 2.62. The molecule has 7 heteroatoms. The smallest absolute Gasteiger partial charge is 0.244 e. The van der Waals surface area contributed by atoms with Crippen molar-refractivity contribution in [3.63, 3.8) is 0 Å². The second kappa shape index (κ2) is 7.70. The molecule has 0 aliphatic heterocycles. The summed E-state index contributed by atoms with van der Waals surface area (Å²) in [6.07, 6.45) is 0.235. The number of hydrogen-bond acceptors (Lipinski definition) is 4. The standard InChI is InChI=1S/C14H16N4OS2/c1-10-16-12(9-21-10)7-13(19)17-18-14(20)15-8-11-5-3-2-4-6-11/h2-6,9H,7-8H2,1H3,(H,17,19)(H2,15,18,20). The van der Waals surface area contributed by atoms with E-state index in [1.54, 1.807) is 0 Å². The fourth-order valence-corrected chi connectivity index (χ4v) is 2.38. The Morgan fingerprint density at radius 3 is 2.71 bits per heavy atom. The minimum Gasteiger partial charge on any atom is -0.357 e. The Bertz CT molecular complexity index is 612. The number of hydrazine groups is 1. The highest BCUT2D eigenvalue weighted by molar-refractivity contribution is 7.80. The molecular weight excluding hydrogens is 304 g/mol. The van der Waals surface area contributed by atoms with E-state index in [0.29, 0.717) is 11.7 Å². The minimum atomic E-state index is -0.177. The van der Waals surface area contributed by atoms with Crippen molar-refractivity contribution in [3.05, 3.63) is 52.0 Å². The minimum absolute atomic E-state index is 0.177. The van der Waals surface area contributed by atoms with Crippen molar-refractivity contribution in [3.8, 4) is 0 Å². The number of benzene rings is 1. The van der Waals surface area contributed by atoms with E-state index in [1.807, 2.05) is 42.6 Å². The van der Waals surface area contributed by atoms with Gasteiger partial charge in [-0.25, -0.2) is 4.98 Å². The van der Waals surface area contributed by atoms with Gasteiger partial charge in [-0.15, -0.1) is 11.3 Å². The second-order valence-electron chi connectivity index (χ2n) is 4.38. The van der Waals surface area contributed by atoms with Gasteiger partial charge in [0.25, 0.3) is 0 Å². The van der Waals surface area contributed by atoms with Crippen LogP contribution in [0.15, 0.2) is 35.7 Å². The molecule has 0 unspecified atom stereocenters. The Morgan fingerprint density at radius 1 is 1.29 bits per heavy atom. The zero-order valence-corrected chi connectivity index (χ0v) is 13.2. The first-order valence-electron chi connectivity index (χ1n) is 6.41. The van der Waals surface area contributed by atoms with Gasteiger partial charge in [0.1, 0.15) is 0 Å². The Kier molecular flexibility index (Phi) is 5.65. The number of rotatable bonds is 4. The van der Waals surface area contributed by atoms with Gasteiger partial charge >= 0.3 is 0 Å². The molecule has 0 aliphatic carbocycles. The quantitative estimate of drug-likeness (QED) is 0.591. The molecule has 0 spiro atoms. The van der Waals surface area contributed by atoms with Crippen molar-refractivity contribution in [1.29, 1.82) is 0 Å². The Balaban J connectivity index is 1.67. The van der Waals surface area contributed by atoms with E-state index >= 15 is 0 Å². The monoisotopic (exact) mass is 320 g/mol. The van der Waals surface area contributed by atoms with Gasteiger partial charge in [-0.2, -0.15) is 0 Å². The molecule has 1 amide bonds. The zero-order valence-electron chi connectivity index (χ0n) is 11.6. The lowest BCUT2D eigenvalue weighted by atomic mass is 10.2. The number of hydrogen-bond donors (Lipinski definition) is 3. The van der Waals surface area contributed by atoms with Gasteiger partial charge in [-0.3, -0.25) is 15.6 Å². The average molecular weight is 320 g/mol. The lowest BCUT2D eigenvalue weighted by molar-refractivity contribution is -0.121. The van der Waals surface area contributed by atoms with Crippen molar-refractivity contribution < 1.29 is 4.79 Å². The van der Waals surface area contributed by atoms with Crippen LogP contribution in [0.5, 0.6) is 0 Å². The molecule has 0 bridgehead atoms. The second-order valence-corrected chi connectivity index (χ2v) is 5.85. The molecule has 0 fully saturated rings. The number of aromatic nitrogens is 1. The highest BCUT2D eigenvalue weighted by Crippen LogP contribution is 2.07. The predicted octanol–water partition coefficient (Wildman–Crippen LogP) is 1.69. The maximum absolute atomic E-state index is 11.7. The van der Waals surface area contributed by atoms with E-state index in [9.17, 15) is 4.79 Å². The van der Waals surface area contributed by atoms with Crippen LogP contribution >= 0.6 is 23.6 Å². The molecule has 0 saturated heterocycles. The third kappa shape index (κ3) is 5.49. The van der Waals surface area contributed by atoms with Gasteiger partial charge < -0.3 is 5.32 Å². The van der Waals surface area contributed by atoms with E-state index in [4.69, 9.17) is 12.2 Å². The van der Waals surface area contributed by atoms with Gasteiger partial charge in [0.2, 0.25) is 5.91 Å². The highest BCUT2D eigenvalue weighted by atomic mass is 32.1. The van der Waals surface area contributed by atoms with Crippen molar-refractivity contribution in [2.24, 2.45) is 0 Å². The molecule has 0 atom stereocenters. The van der Waals surface area contributed by atoms with Crippen molar-refractivity contribution in [2.45, 2.75) is 19.9 Å². The first kappa shape index (κ1) is 15.4. The van der Waals surface area contributed by atoms with Crippen molar-refractivity contribution >= 4 is 34.6 Å². The van der Waals surface area contributed by atoms with Crippen LogP contribution in [0.25, 0.3) is 0 Å². The lowest BCUT2D eigenvalue weighted by Gasteiger charge is -2.11. The molecule has 1 heterocycles. The Morgan fingerprint density at radius 2 is 2.05 bits per heavy atom. The fourth-order valence-electron chi connectivity index (χ4n) is 1.65. The molecule has 5 nitrogen and oxygen atoms in total. The summed E-state index contributed by atoms with van der Waals surface area (Å²) in [6.45, 7) is 2.51. The van der Waals surface area contributed by atoms with Gasteiger partial charge in [0, 0.05) is 11.9 Å². The normalized spacial score (nSPS) is 9.95. The summed E-state index contributed by atoms with van der Waals surface area (Å²) < 4.78 is 0. The summed E-state index contributed by atoms with van der Waals surface area (Å²) in [6, 6.07) is 9.88. The molecule has 1 aromatic heterocycles. The van der Waals surface area contributed by atoms with Gasteiger partial charge in [-0.05, 0) is 24.7 Å². The summed E-state index contributed by atoms with van der Waals surface area (Å²) in [4.78, 5) is 15.9. The van der Waals surface area contributed by atoms with Gasteiger partial charge in [0.05, 0.1) is 17.1 Å². The van der Waals surface area contributed by atoms with Crippen LogP contribution in [0.2, 0.25) is 0 Å². The summed E-state index contributed by atoms with van der Waals surface area (Å²) in [5.41, 5.74) is 7.11. The van der Waals surface area contributed by atoms with E-state index in [-0.39, 0.29) is 12.3 Å². The van der Waals surface area contributed by atoms with Gasteiger partial charge in [0.15, 0.2) is 5.11 Å². The first-order chi connectivity index (χ1) is 10.1. The average Bonchev–Trinajstić information content (AvgIpc) is 2.89. The van der Waals surface area contributed by atoms with E-state index in [2.05, 4.69) is 21.2 Å². The third-order valence-corrected chi connectivity index (χ3v) is 3.69. The van der Waals surface area contributed by atoms with Crippen LogP contribution in [0.3, 0.4) is 0 Å². The van der Waals surface area contributed by atoms with E-state index < -0.39 is 0 Å². The van der Waals surface area contributed by atoms with Crippen LogP contribution in [-0.2, 0) is 17.8 Å². The summed E-state index contributed by atoms with van der Waals surface area (Å²) in [7, 11) is 0. The number of nitrogens with one attached hydrogen (secondary N) is 3. The van der Waals surface area contributed by atoms with Crippen LogP contribution < -0.4 is 16.2 Å². The number of aryl methyl sites for hydroxylation is 1. The highest BCUT2D eigenvalue weighted by Gasteiger charge is 2.06. The number of thiazole rings is 1. The van der Waals surface area contributed by atoms with E-state index in [1.165, 1.54) is 11.3 Å². The molecule has 0 saturated carbocycles. The van der Waals surface area contributed by atoms with Crippen LogP contribution in [-0.4, -0.2) is 16.0 Å². The summed E-state index contributed by atoms with van der Waals surface area (Å²) in [5.74, 6) is -0.177. The maximum atomic E-state index is 11.7.